The van der Waals surface area contributed by atoms with Crippen molar-refractivity contribution in [1.29, 1.82) is 0 Å². The maximum Gasteiger partial charge on any atom is 0.229 e. The summed E-state index contributed by atoms with van der Waals surface area (Å²) in [5.41, 5.74) is 0.0917. The molecule has 2 aromatic heterocycles. The largest absolute Gasteiger partial charge is 0.339 e. The van der Waals surface area contributed by atoms with E-state index in [4.69, 9.17) is 4.52 Å². The highest BCUT2D eigenvalue weighted by Gasteiger charge is 2.32. The Morgan fingerprint density at radius 3 is 2.39 bits per heavy atom. The molecule has 0 aromatic carbocycles. The van der Waals surface area contributed by atoms with Crippen molar-refractivity contribution in [2.75, 3.05) is 13.1 Å². The van der Waals surface area contributed by atoms with E-state index in [0.29, 0.717) is 5.92 Å². The molecule has 0 unspecified atom stereocenters. The molecule has 3 heterocycles. The summed E-state index contributed by atoms with van der Waals surface area (Å²) >= 11 is 0. The van der Waals surface area contributed by atoms with Gasteiger partial charge in [-0.05, 0) is 38.8 Å². The van der Waals surface area contributed by atoms with Gasteiger partial charge in [-0.3, -0.25) is 9.88 Å². The molecule has 4 rings (SSSR count). The number of piperidine rings is 1. The van der Waals surface area contributed by atoms with E-state index in [2.05, 4.69) is 20.0 Å². The number of pyridine rings is 1. The van der Waals surface area contributed by atoms with E-state index >= 15 is 0 Å². The molecule has 1 saturated carbocycles. The first-order valence-corrected chi connectivity index (χ1v) is 8.04. The SMILES string of the molecule is Fc1cncc(F)c1CN1CCC(c2noc(C3CC3)n2)CC1. The van der Waals surface area contributed by atoms with Gasteiger partial charge in [0.25, 0.3) is 0 Å². The van der Waals surface area contributed by atoms with Gasteiger partial charge in [0.05, 0.1) is 12.4 Å². The van der Waals surface area contributed by atoms with Crippen molar-refractivity contribution in [3.63, 3.8) is 0 Å². The molecule has 1 aliphatic heterocycles. The van der Waals surface area contributed by atoms with Gasteiger partial charge in [0, 0.05) is 23.9 Å². The first-order valence-electron chi connectivity index (χ1n) is 8.04. The van der Waals surface area contributed by atoms with E-state index < -0.39 is 11.6 Å². The Balaban J connectivity index is 1.37. The van der Waals surface area contributed by atoms with Gasteiger partial charge in [0.1, 0.15) is 11.6 Å². The molecule has 1 saturated heterocycles. The molecule has 5 nitrogen and oxygen atoms in total. The minimum absolute atomic E-state index is 0.0917. The van der Waals surface area contributed by atoms with Crippen LogP contribution in [0.15, 0.2) is 16.9 Å². The molecule has 0 atom stereocenters. The molecule has 0 spiro atoms. The van der Waals surface area contributed by atoms with Crippen LogP contribution in [0.4, 0.5) is 8.78 Å². The lowest BCUT2D eigenvalue weighted by Gasteiger charge is -2.30. The lowest BCUT2D eigenvalue weighted by Crippen LogP contribution is -2.33. The van der Waals surface area contributed by atoms with E-state index in [9.17, 15) is 8.78 Å². The zero-order valence-electron chi connectivity index (χ0n) is 12.7. The second-order valence-corrected chi connectivity index (χ2v) is 6.40. The summed E-state index contributed by atoms with van der Waals surface area (Å²) in [6, 6.07) is 0. The molecular formula is C16H18F2N4O. The van der Waals surface area contributed by atoms with Gasteiger partial charge in [0.2, 0.25) is 5.89 Å². The van der Waals surface area contributed by atoms with Gasteiger partial charge in [-0.1, -0.05) is 5.16 Å². The van der Waals surface area contributed by atoms with E-state index in [-0.39, 0.29) is 18.0 Å². The summed E-state index contributed by atoms with van der Waals surface area (Å²) in [6.45, 7) is 1.80. The standard InChI is InChI=1S/C16H18F2N4O/c17-13-7-19-8-14(18)12(13)9-22-5-3-10(4-6-22)15-20-16(23-21-15)11-1-2-11/h7-8,10-11H,1-6,9H2. The van der Waals surface area contributed by atoms with Crippen molar-refractivity contribution in [3.8, 4) is 0 Å². The van der Waals surface area contributed by atoms with Crippen LogP contribution in [-0.2, 0) is 6.54 Å². The molecule has 0 amide bonds. The molecule has 0 N–H and O–H groups in total. The molecule has 2 fully saturated rings. The van der Waals surface area contributed by atoms with E-state index in [1.165, 1.54) is 0 Å². The molecule has 7 heteroatoms. The number of aromatic nitrogens is 3. The molecule has 2 aliphatic rings. The topological polar surface area (TPSA) is 55.1 Å². The predicted molar refractivity (Wildman–Crippen MR) is 77.7 cm³/mol. The Morgan fingerprint density at radius 1 is 1.04 bits per heavy atom. The first kappa shape index (κ1) is 14.7. The third-order valence-corrected chi connectivity index (χ3v) is 4.67. The highest BCUT2D eigenvalue weighted by Crippen LogP contribution is 2.39. The van der Waals surface area contributed by atoms with Crippen molar-refractivity contribution < 1.29 is 13.3 Å². The van der Waals surface area contributed by atoms with Gasteiger partial charge in [0.15, 0.2) is 5.82 Å². The van der Waals surface area contributed by atoms with E-state index in [1.807, 2.05) is 0 Å². The van der Waals surface area contributed by atoms with Crippen LogP contribution in [-0.4, -0.2) is 33.1 Å². The average Bonchev–Trinajstić information content (AvgIpc) is 3.29. The number of hydrogen-bond acceptors (Lipinski definition) is 5. The fourth-order valence-corrected chi connectivity index (χ4v) is 3.07. The normalized spacial score (nSPS) is 20.1. The monoisotopic (exact) mass is 320 g/mol. The van der Waals surface area contributed by atoms with Gasteiger partial charge in [-0.15, -0.1) is 0 Å². The summed E-state index contributed by atoms with van der Waals surface area (Å²) in [5.74, 6) is 1.12. The lowest BCUT2D eigenvalue weighted by atomic mass is 9.96. The van der Waals surface area contributed by atoms with Crippen LogP contribution in [0.25, 0.3) is 0 Å². The van der Waals surface area contributed by atoms with Crippen molar-refractivity contribution >= 4 is 0 Å². The Hall–Kier alpha value is -1.89. The number of rotatable bonds is 4. The maximum absolute atomic E-state index is 13.7. The Morgan fingerprint density at radius 2 is 1.74 bits per heavy atom. The molecule has 1 aliphatic carbocycles. The van der Waals surface area contributed by atoms with Crippen molar-refractivity contribution in [1.82, 2.24) is 20.0 Å². The third-order valence-electron chi connectivity index (χ3n) is 4.67. The van der Waals surface area contributed by atoms with Crippen LogP contribution >= 0.6 is 0 Å². The van der Waals surface area contributed by atoms with E-state index in [0.717, 1.165) is 62.9 Å². The third kappa shape index (κ3) is 3.10. The number of likely N-dealkylation sites (tertiary alicyclic amines) is 1. The maximum atomic E-state index is 13.7. The summed E-state index contributed by atoms with van der Waals surface area (Å²) in [4.78, 5) is 10.1. The predicted octanol–water partition coefficient (Wildman–Crippen LogP) is 3.00. The number of nitrogens with zero attached hydrogens (tertiary/aromatic N) is 4. The van der Waals surface area contributed by atoms with Crippen molar-refractivity contribution in [2.45, 2.75) is 44.1 Å². The zero-order chi connectivity index (χ0) is 15.8. The van der Waals surface area contributed by atoms with Gasteiger partial charge in [-0.2, -0.15) is 4.98 Å². The molecule has 2 aromatic rings. The summed E-state index contributed by atoms with van der Waals surface area (Å²) in [5, 5.41) is 4.11. The van der Waals surface area contributed by atoms with Crippen molar-refractivity contribution in [3.05, 3.63) is 41.3 Å². The zero-order valence-corrected chi connectivity index (χ0v) is 12.7. The van der Waals surface area contributed by atoms with Crippen LogP contribution in [0.1, 0.15) is 54.8 Å². The Bertz CT molecular complexity index is 673. The summed E-state index contributed by atoms with van der Waals surface area (Å²) < 4.78 is 32.7. The molecule has 0 bridgehead atoms. The van der Waals surface area contributed by atoms with Gasteiger partial charge in [-0.25, -0.2) is 8.78 Å². The quantitative estimate of drug-likeness (QED) is 0.867. The van der Waals surface area contributed by atoms with Crippen molar-refractivity contribution in [2.24, 2.45) is 0 Å². The minimum Gasteiger partial charge on any atom is -0.339 e. The Kier molecular flexibility index (Phi) is 3.80. The summed E-state index contributed by atoms with van der Waals surface area (Å²) in [6.07, 6.45) is 6.15. The van der Waals surface area contributed by atoms with Crippen LogP contribution in [0.5, 0.6) is 0 Å². The lowest BCUT2D eigenvalue weighted by molar-refractivity contribution is 0.195. The Labute approximate surface area is 132 Å². The average molecular weight is 320 g/mol. The van der Waals surface area contributed by atoms with Crippen LogP contribution in [0.3, 0.4) is 0 Å². The first-order chi connectivity index (χ1) is 11.2. The van der Waals surface area contributed by atoms with Crippen LogP contribution in [0.2, 0.25) is 0 Å². The molecule has 0 radical (unpaired) electrons. The summed E-state index contributed by atoms with van der Waals surface area (Å²) in [7, 11) is 0. The van der Waals surface area contributed by atoms with E-state index in [1.54, 1.807) is 0 Å². The number of halogens is 2. The number of hydrogen-bond donors (Lipinski definition) is 0. The van der Waals surface area contributed by atoms with Gasteiger partial charge < -0.3 is 4.52 Å². The van der Waals surface area contributed by atoms with Crippen LogP contribution in [0, 0.1) is 11.6 Å². The van der Waals surface area contributed by atoms with Crippen LogP contribution < -0.4 is 0 Å². The molecular weight excluding hydrogens is 302 g/mol. The second-order valence-electron chi connectivity index (χ2n) is 6.40. The molecule has 23 heavy (non-hydrogen) atoms. The highest BCUT2D eigenvalue weighted by molar-refractivity contribution is 5.15. The fraction of sp³-hybridized carbons (Fsp3) is 0.562. The minimum atomic E-state index is -0.584. The highest BCUT2D eigenvalue weighted by atomic mass is 19.1. The molecule has 122 valence electrons. The second kappa shape index (κ2) is 5.96. The smallest absolute Gasteiger partial charge is 0.229 e. The fourth-order valence-electron chi connectivity index (χ4n) is 3.07. The van der Waals surface area contributed by atoms with Gasteiger partial charge >= 0.3 is 0 Å².